The molecule has 0 aliphatic carbocycles. The van der Waals surface area contributed by atoms with Gasteiger partial charge in [-0.2, -0.15) is 0 Å². The summed E-state index contributed by atoms with van der Waals surface area (Å²) in [6.45, 7) is 4.47. The molecule has 1 fully saturated rings. The second-order valence-electron chi connectivity index (χ2n) is 5.15. The van der Waals surface area contributed by atoms with Gasteiger partial charge in [-0.15, -0.1) is 0 Å². The van der Waals surface area contributed by atoms with E-state index in [0.29, 0.717) is 12.6 Å². The average molecular weight is 293 g/mol. The molecule has 2 atom stereocenters. The van der Waals surface area contributed by atoms with E-state index in [-0.39, 0.29) is 6.10 Å². The standard InChI is InChI=1S/C15H17ClN2O2/c1-11-10-19-15(12-3-2-4-13(16)7-12)9-18(11)8-14-5-6-20-17-14/h2-7,11,15H,8-10H2,1H3/t11-,15-/m1/s1. The van der Waals surface area contributed by atoms with E-state index in [2.05, 4.69) is 23.0 Å². The second-order valence-corrected chi connectivity index (χ2v) is 5.58. The van der Waals surface area contributed by atoms with Gasteiger partial charge in [0.2, 0.25) is 0 Å². The Kier molecular flexibility index (Phi) is 4.05. The van der Waals surface area contributed by atoms with Crippen LogP contribution in [0.15, 0.2) is 41.1 Å². The largest absolute Gasteiger partial charge is 0.371 e. The molecule has 0 unspecified atom stereocenters. The molecule has 3 rings (SSSR count). The number of aromatic nitrogens is 1. The van der Waals surface area contributed by atoms with Gasteiger partial charge in [-0.05, 0) is 24.6 Å². The maximum atomic E-state index is 6.05. The fourth-order valence-corrected chi connectivity index (χ4v) is 2.66. The third-order valence-electron chi connectivity index (χ3n) is 3.64. The molecule has 1 aliphatic rings. The first-order valence-corrected chi connectivity index (χ1v) is 7.10. The topological polar surface area (TPSA) is 38.5 Å². The predicted octanol–water partition coefficient (Wildman–Crippen LogP) is 3.29. The summed E-state index contributed by atoms with van der Waals surface area (Å²) in [5, 5.41) is 4.72. The molecule has 1 aliphatic heterocycles. The van der Waals surface area contributed by atoms with Crippen molar-refractivity contribution in [3.8, 4) is 0 Å². The minimum absolute atomic E-state index is 0.0526. The summed E-state index contributed by atoms with van der Waals surface area (Å²) in [7, 11) is 0. The van der Waals surface area contributed by atoms with Gasteiger partial charge < -0.3 is 9.26 Å². The van der Waals surface area contributed by atoms with E-state index in [4.69, 9.17) is 20.9 Å². The molecule has 2 heterocycles. The molecule has 20 heavy (non-hydrogen) atoms. The van der Waals surface area contributed by atoms with Crippen molar-refractivity contribution in [2.45, 2.75) is 25.6 Å². The van der Waals surface area contributed by atoms with Crippen LogP contribution in [0, 0.1) is 0 Å². The van der Waals surface area contributed by atoms with Crippen molar-refractivity contribution < 1.29 is 9.26 Å². The van der Waals surface area contributed by atoms with Gasteiger partial charge in [-0.1, -0.05) is 28.9 Å². The summed E-state index contributed by atoms with van der Waals surface area (Å²) in [5.41, 5.74) is 2.07. The molecule has 0 spiro atoms. The Bertz CT molecular complexity index is 559. The molecule has 1 aromatic heterocycles. The highest BCUT2D eigenvalue weighted by atomic mass is 35.5. The SMILES string of the molecule is C[C@@H]1CO[C@@H](c2cccc(Cl)c2)CN1Cc1ccon1. The van der Waals surface area contributed by atoms with Crippen molar-refractivity contribution in [3.05, 3.63) is 52.9 Å². The van der Waals surface area contributed by atoms with E-state index in [9.17, 15) is 0 Å². The van der Waals surface area contributed by atoms with Crippen molar-refractivity contribution in [2.75, 3.05) is 13.2 Å². The summed E-state index contributed by atoms with van der Waals surface area (Å²) in [6, 6.07) is 10.1. The van der Waals surface area contributed by atoms with E-state index in [1.165, 1.54) is 0 Å². The quantitative estimate of drug-likeness (QED) is 0.870. The number of hydrogen-bond donors (Lipinski definition) is 0. The number of benzene rings is 1. The molecule has 0 bridgehead atoms. The number of hydrogen-bond acceptors (Lipinski definition) is 4. The molecule has 4 nitrogen and oxygen atoms in total. The van der Waals surface area contributed by atoms with Gasteiger partial charge >= 0.3 is 0 Å². The first-order valence-electron chi connectivity index (χ1n) is 6.73. The van der Waals surface area contributed by atoms with Crippen LogP contribution in [0.5, 0.6) is 0 Å². The van der Waals surface area contributed by atoms with Gasteiger partial charge in [0.25, 0.3) is 0 Å². The van der Waals surface area contributed by atoms with Crippen molar-refractivity contribution in [2.24, 2.45) is 0 Å². The van der Waals surface area contributed by atoms with Gasteiger partial charge in [0, 0.05) is 30.2 Å². The molecular weight excluding hydrogens is 276 g/mol. The smallest absolute Gasteiger partial charge is 0.124 e. The van der Waals surface area contributed by atoms with Crippen LogP contribution in [0.25, 0.3) is 0 Å². The summed E-state index contributed by atoms with van der Waals surface area (Å²) >= 11 is 6.05. The molecule has 2 aromatic rings. The second kappa shape index (κ2) is 5.95. The third-order valence-corrected chi connectivity index (χ3v) is 3.87. The Hall–Kier alpha value is -1.36. The Morgan fingerprint density at radius 1 is 1.40 bits per heavy atom. The average Bonchev–Trinajstić information content (AvgIpc) is 2.94. The molecule has 0 radical (unpaired) electrons. The van der Waals surface area contributed by atoms with Gasteiger partial charge in [0.05, 0.1) is 18.4 Å². The molecule has 106 valence electrons. The molecule has 0 amide bonds. The van der Waals surface area contributed by atoms with E-state index >= 15 is 0 Å². The minimum atomic E-state index is 0.0526. The number of rotatable bonds is 3. The zero-order valence-electron chi connectivity index (χ0n) is 11.3. The zero-order valence-corrected chi connectivity index (χ0v) is 12.1. The number of nitrogens with zero attached hydrogens (tertiary/aromatic N) is 2. The highest BCUT2D eigenvalue weighted by molar-refractivity contribution is 6.30. The number of ether oxygens (including phenoxy) is 1. The minimum Gasteiger partial charge on any atom is -0.371 e. The van der Waals surface area contributed by atoms with Crippen LogP contribution in [-0.2, 0) is 11.3 Å². The van der Waals surface area contributed by atoms with Crippen LogP contribution >= 0.6 is 11.6 Å². The Morgan fingerprint density at radius 2 is 2.30 bits per heavy atom. The normalized spacial score (nSPS) is 23.9. The first kappa shape index (κ1) is 13.6. The lowest BCUT2D eigenvalue weighted by atomic mass is 10.1. The molecule has 1 saturated heterocycles. The number of halogens is 1. The number of morpholine rings is 1. The van der Waals surface area contributed by atoms with Gasteiger partial charge in [0.15, 0.2) is 0 Å². The Balaban J connectivity index is 1.72. The third kappa shape index (κ3) is 3.03. The lowest BCUT2D eigenvalue weighted by molar-refractivity contribution is -0.0638. The molecular formula is C15H17ClN2O2. The predicted molar refractivity (Wildman–Crippen MR) is 76.5 cm³/mol. The summed E-state index contributed by atoms with van der Waals surface area (Å²) in [4.78, 5) is 2.35. The maximum Gasteiger partial charge on any atom is 0.124 e. The molecule has 0 N–H and O–H groups in total. The van der Waals surface area contributed by atoms with Gasteiger partial charge in [0.1, 0.15) is 6.26 Å². The van der Waals surface area contributed by atoms with E-state index in [1.807, 2.05) is 24.3 Å². The van der Waals surface area contributed by atoms with E-state index < -0.39 is 0 Å². The van der Waals surface area contributed by atoms with Crippen LogP contribution in [0.3, 0.4) is 0 Å². The van der Waals surface area contributed by atoms with E-state index in [0.717, 1.165) is 29.4 Å². The summed E-state index contributed by atoms with van der Waals surface area (Å²) < 4.78 is 10.8. The van der Waals surface area contributed by atoms with Crippen LogP contribution in [0.2, 0.25) is 5.02 Å². The Labute approximate surface area is 123 Å². The van der Waals surface area contributed by atoms with Gasteiger partial charge in [-0.25, -0.2) is 0 Å². The van der Waals surface area contributed by atoms with Crippen LogP contribution in [-0.4, -0.2) is 29.3 Å². The molecule has 0 saturated carbocycles. The highest BCUT2D eigenvalue weighted by Crippen LogP contribution is 2.27. The highest BCUT2D eigenvalue weighted by Gasteiger charge is 2.27. The molecule has 1 aromatic carbocycles. The van der Waals surface area contributed by atoms with Crippen molar-refractivity contribution in [1.29, 1.82) is 0 Å². The fourth-order valence-electron chi connectivity index (χ4n) is 2.46. The maximum absolute atomic E-state index is 6.05. The lowest BCUT2D eigenvalue weighted by Gasteiger charge is -2.37. The summed E-state index contributed by atoms with van der Waals surface area (Å²) in [6.07, 6.45) is 1.66. The lowest BCUT2D eigenvalue weighted by Crippen LogP contribution is -2.44. The fraction of sp³-hybridized carbons (Fsp3) is 0.400. The first-order chi connectivity index (χ1) is 9.72. The van der Waals surface area contributed by atoms with Crippen molar-refractivity contribution in [1.82, 2.24) is 10.1 Å². The van der Waals surface area contributed by atoms with Crippen LogP contribution in [0.1, 0.15) is 24.3 Å². The Morgan fingerprint density at radius 3 is 3.05 bits per heavy atom. The van der Waals surface area contributed by atoms with E-state index in [1.54, 1.807) is 6.26 Å². The van der Waals surface area contributed by atoms with Crippen LogP contribution in [0.4, 0.5) is 0 Å². The monoisotopic (exact) mass is 292 g/mol. The van der Waals surface area contributed by atoms with Crippen molar-refractivity contribution in [3.63, 3.8) is 0 Å². The van der Waals surface area contributed by atoms with Gasteiger partial charge in [-0.3, -0.25) is 4.90 Å². The van der Waals surface area contributed by atoms with Crippen molar-refractivity contribution >= 4 is 11.6 Å². The van der Waals surface area contributed by atoms with Crippen LogP contribution < -0.4 is 0 Å². The summed E-state index contributed by atoms with van der Waals surface area (Å²) in [5.74, 6) is 0. The molecule has 5 heteroatoms. The zero-order chi connectivity index (χ0) is 13.9.